The minimum absolute atomic E-state index is 0.509. The molecule has 2 heterocycles. The Morgan fingerprint density at radius 2 is 2.38 bits per heavy atom. The molecule has 0 aliphatic carbocycles. The molecule has 0 fully saturated rings. The Bertz CT molecular complexity index is 405. The van der Waals surface area contributed by atoms with Gasteiger partial charge in [0, 0.05) is 11.1 Å². The lowest BCUT2D eigenvalue weighted by atomic mass is 10.3. The van der Waals surface area contributed by atoms with Crippen LogP contribution in [-0.4, -0.2) is 4.98 Å². The SMILES string of the molecule is Cc1ccsc1-c1cnc(CCl)s1. The molecule has 0 bridgehead atoms. The van der Waals surface area contributed by atoms with Crippen molar-refractivity contribution in [3.63, 3.8) is 0 Å². The zero-order chi connectivity index (χ0) is 9.26. The predicted octanol–water partition coefficient (Wildman–Crippen LogP) is 3.92. The van der Waals surface area contributed by atoms with Crippen LogP contribution >= 0.6 is 34.3 Å². The van der Waals surface area contributed by atoms with Gasteiger partial charge in [-0.1, -0.05) is 0 Å². The lowest BCUT2D eigenvalue weighted by Gasteiger charge is -1.91. The molecule has 0 spiro atoms. The van der Waals surface area contributed by atoms with Gasteiger partial charge in [0.2, 0.25) is 0 Å². The first kappa shape index (κ1) is 9.19. The van der Waals surface area contributed by atoms with Gasteiger partial charge in [0.15, 0.2) is 0 Å². The number of thiazole rings is 1. The maximum Gasteiger partial charge on any atom is 0.108 e. The molecule has 0 N–H and O–H groups in total. The van der Waals surface area contributed by atoms with Crippen LogP contribution in [0.25, 0.3) is 9.75 Å². The average Bonchev–Trinajstić information content (AvgIpc) is 2.71. The van der Waals surface area contributed by atoms with Crippen molar-refractivity contribution in [2.75, 3.05) is 0 Å². The molecule has 2 aromatic rings. The van der Waals surface area contributed by atoms with Crippen LogP contribution < -0.4 is 0 Å². The van der Waals surface area contributed by atoms with Gasteiger partial charge in [-0.25, -0.2) is 4.98 Å². The van der Waals surface area contributed by atoms with E-state index in [4.69, 9.17) is 11.6 Å². The highest BCUT2D eigenvalue weighted by atomic mass is 35.5. The Morgan fingerprint density at radius 1 is 1.54 bits per heavy atom. The molecule has 0 aliphatic heterocycles. The quantitative estimate of drug-likeness (QED) is 0.712. The Kier molecular flexibility index (Phi) is 2.67. The highest BCUT2D eigenvalue weighted by Gasteiger charge is 2.06. The minimum atomic E-state index is 0.509. The monoisotopic (exact) mass is 229 g/mol. The largest absolute Gasteiger partial charge is 0.248 e. The highest BCUT2D eigenvalue weighted by Crippen LogP contribution is 2.33. The Labute approximate surface area is 90.0 Å². The van der Waals surface area contributed by atoms with Crippen molar-refractivity contribution >= 4 is 34.3 Å². The molecule has 0 radical (unpaired) electrons. The summed E-state index contributed by atoms with van der Waals surface area (Å²) in [5, 5.41) is 3.09. The van der Waals surface area contributed by atoms with E-state index in [1.807, 2.05) is 6.20 Å². The molecule has 13 heavy (non-hydrogen) atoms. The molecule has 0 aliphatic rings. The van der Waals surface area contributed by atoms with Gasteiger partial charge in [0.1, 0.15) is 5.01 Å². The van der Waals surface area contributed by atoms with Gasteiger partial charge in [-0.2, -0.15) is 0 Å². The number of aryl methyl sites for hydroxylation is 1. The zero-order valence-electron chi connectivity index (χ0n) is 7.08. The number of rotatable bonds is 2. The molecule has 2 aromatic heterocycles. The molecule has 0 saturated heterocycles. The first-order valence-electron chi connectivity index (χ1n) is 3.86. The molecule has 0 saturated carbocycles. The molecule has 4 heteroatoms. The van der Waals surface area contributed by atoms with Gasteiger partial charge >= 0.3 is 0 Å². The molecule has 0 unspecified atom stereocenters. The summed E-state index contributed by atoms with van der Waals surface area (Å²) < 4.78 is 0. The standard InChI is InChI=1S/C9H8ClNS2/c1-6-2-3-12-9(6)7-5-11-8(4-10)13-7/h2-3,5H,4H2,1H3. The fraction of sp³-hybridized carbons (Fsp3) is 0.222. The second kappa shape index (κ2) is 3.78. The van der Waals surface area contributed by atoms with Crippen LogP contribution in [0.4, 0.5) is 0 Å². The van der Waals surface area contributed by atoms with Gasteiger partial charge in [-0.05, 0) is 23.9 Å². The Balaban J connectivity index is 2.41. The van der Waals surface area contributed by atoms with Crippen LogP contribution in [-0.2, 0) is 5.88 Å². The van der Waals surface area contributed by atoms with Gasteiger partial charge < -0.3 is 0 Å². The van der Waals surface area contributed by atoms with E-state index in [2.05, 4.69) is 23.4 Å². The van der Waals surface area contributed by atoms with Crippen LogP contribution in [0.1, 0.15) is 10.6 Å². The van der Waals surface area contributed by atoms with E-state index in [1.54, 1.807) is 22.7 Å². The number of alkyl halides is 1. The molecule has 0 atom stereocenters. The molecule has 2 rings (SSSR count). The average molecular weight is 230 g/mol. The number of hydrogen-bond donors (Lipinski definition) is 0. The van der Waals surface area contributed by atoms with E-state index < -0.39 is 0 Å². The summed E-state index contributed by atoms with van der Waals surface area (Å²) in [7, 11) is 0. The first-order valence-corrected chi connectivity index (χ1v) is 6.09. The van der Waals surface area contributed by atoms with Gasteiger partial charge in [0.05, 0.1) is 10.8 Å². The molecule has 1 nitrogen and oxygen atoms in total. The zero-order valence-corrected chi connectivity index (χ0v) is 9.47. The van der Waals surface area contributed by atoms with Crippen molar-refractivity contribution in [2.24, 2.45) is 0 Å². The van der Waals surface area contributed by atoms with E-state index in [9.17, 15) is 0 Å². The minimum Gasteiger partial charge on any atom is -0.248 e. The third kappa shape index (κ3) is 1.77. The number of nitrogens with zero attached hydrogens (tertiary/aromatic N) is 1. The summed E-state index contributed by atoms with van der Waals surface area (Å²) in [6.45, 7) is 2.12. The van der Waals surface area contributed by atoms with Crippen molar-refractivity contribution in [2.45, 2.75) is 12.8 Å². The van der Waals surface area contributed by atoms with Crippen LogP contribution in [0, 0.1) is 6.92 Å². The molecule has 0 aromatic carbocycles. The maximum atomic E-state index is 5.69. The smallest absolute Gasteiger partial charge is 0.108 e. The van der Waals surface area contributed by atoms with Crippen molar-refractivity contribution in [3.8, 4) is 9.75 Å². The number of halogens is 1. The van der Waals surface area contributed by atoms with Gasteiger partial charge in [-0.3, -0.25) is 0 Å². The van der Waals surface area contributed by atoms with Gasteiger partial charge in [0.25, 0.3) is 0 Å². The van der Waals surface area contributed by atoms with E-state index in [1.165, 1.54) is 15.3 Å². The third-order valence-electron chi connectivity index (χ3n) is 1.75. The maximum absolute atomic E-state index is 5.69. The van der Waals surface area contributed by atoms with Crippen LogP contribution in [0.2, 0.25) is 0 Å². The van der Waals surface area contributed by atoms with E-state index >= 15 is 0 Å². The number of hydrogen-bond acceptors (Lipinski definition) is 3. The molecule has 0 amide bonds. The van der Waals surface area contributed by atoms with Gasteiger partial charge in [-0.15, -0.1) is 34.3 Å². The lowest BCUT2D eigenvalue weighted by Crippen LogP contribution is -1.67. The summed E-state index contributed by atoms with van der Waals surface area (Å²) in [6, 6.07) is 2.13. The summed E-state index contributed by atoms with van der Waals surface area (Å²) in [6.07, 6.45) is 1.90. The van der Waals surface area contributed by atoms with Crippen LogP contribution in [0.5, 0.6) is 0 Å². The second-order valence-electron chi connectivity index (χ2n) is 2.68. The lowest BCUT2D eigenvalue weighted by molar-refractivity contribution is 1.26. The summed E-state index contributed by atoms with van der Waals surface area (Å²) in [5.41, 5.74) is 1.31. The second-order valence-corrected chi connectivity index (χ2v) is 4.98. The van der Waals surface area contributed by atoms with E-state index in [0.717, 1.165) is 5.01 Å². The number of thiophene rings is 1. The number of aromatic nitrogens is 1. The van der Waals surface area contributed by atoms with E-state index in [0.29, 0.717) is 5.88 Å². The highest BCUT2D eigenvalue weighted by molar-refractivity contribution is 7.21. The van der Waals surface area contributed by atoms with Crippen molar-refractivity contribution < 1.29 is 0 Å². The Hall–Kier alpha value is -0.380. The van der Waals surface area contributed by atoms with Crippen molar-refractivity contribution in [1.29, 1.82) is 0 Å². The molecular weight excluding hydrogens is 222 g/mol. The molecular formula is C9H8ClNS2. The first-order chi connectivity index (χ1) is 6.31. The summed E-state index contributed by atoms with van der Waals surface area (Å²) in [5.74, 6) is 0.509. The summed E-state index contributed by atoms with van der Waals surface area (Å²) in [4.78, 5) is 6.76. The van der Waals surface area contributed by atoms with Crippen molar-refractivity contribution in [1.82, 2.24) is 4.98 Å². The fourth-order valence-electron chi connectivity index (χ4n) is 1.10. The van der Waals surface area contributed by atoms with Crippen LogP contribution in [0.15, 0.2) is 17.6 Å². The predicted molar refractivity (Wildman–Crippen MR) is 59.7 cm³/mol. The normalized spacial score (nSPS) is 10.6. The summed E-state index contributed by atoms with van der Waals surface area (Å²) >= 11 is 9.12. The molecule has 68 valence electrons. The Morgan fingerprint density at radius 3 is 2.92 bits per heavy atom. The van der Waals surface area contributed by atoms with Crippen LogP contribution in [0.3, 0.4) is 0 Å². The van der Waals surface area contributed by atoms with E-state index in [-0.39, 0.29) is 0 Å². The van der Waals surface area contributed by atoms with Crippen molar-refractivity contribution in [3.05, 3.63) is 28.2 Å². The fourth-order valence-corrected chi connectivity index (χ4v) is 3.21. The topological polar surface area (TPSA) is 12.9 Å². The third-order valence-corrected chi connectivity index (χ3v) is 4.36.